The monoisotopic (exact) mass is 382 g/mol. The van der Waals surface area contributed by atoms with E-state index in [4.69, 9.17) is 17.0 Å². The first kappa shape index (κ1) is 19.0. The molecule has 140 valence electrons. The highest BCUT2D eigenvalue weighted by molar-refractivity contribution is 6.47. The molecule has 2 aromatic heterocycles. The fourth-order valence-electron chi connectivity index (χ4n) is 3.61. The van der Waals surface area contributed by atoms with Gasteiger partial charge in [0.25, 0.3) is 0 Å². The third-order valence-electron chi connectivity index (χ3n) is 5.04. The van der Waals surface area contributed by atoms with Crippen LogP contribution in [0.25, 0.3) is 5.52 Å². The largest absolute Gasteiger partial charge is 0.396 e. The van der Waals surface area contributed by atoms with E-state index in [0.29, 0.717) is 35.4 Å². The molecule has 1 fully saturated rings. The number of ketones is 1. The fraction of sp³-hybridized carbons (Fsp3) is 0.474. The molecular formula is C19H21ClF2N2O2. The van der Waals surface area contributed by atoms with Gasteiger partial charge in [-0.2, -0.15) is 0 Å². The molecule has 0 spiro atoms. The standard InChI is InChI=1S/C19H21ClF2N2O2/c20-15-2-1-8-24-13(5-9-25)11-14(17(15)24)18(26)16(23)10-12-3-6-19(21,22)7-4-12/h1-2,8,11-12,23,25H,3-7,9-10H2. The van der Waals surface area contributed by atoms with Crippen molar-refractivity contribution < 1.29 is 18.7 Å². The Balaban J connectivity index is 1.82. The van der Waals surface area contributed by atoms with Gasteiger partial charge in [-0.1, -0.05) is 11.6 Å². The summed E-state index contributed by atoms with van der Waals surface area (Å²) in [5, 5.41) is 17.8. The van der Waals surface area contributed by atoms with E-state index in [9.17, 15) is 18.7 Å². The number of alkyl halides is 2. The van der Waals surface area contributed by atoms with Crippen LogP contribution in [0.15, 0.2) is 24.4 Å². The number of aliphatic hydroxyl groups is 1. The van der Waals surface area contributed by atoms with Crippen molar-refractivity contribution in [3.05, 3.63) is 40.7 Å². The minimum Gasteiger partial charge on any atom is -0.396 e. The Bertz CT molecular complexity index is 837. The summed E-state index contributed by atoms with van der Waals surface area (Å²) >= 11 is 6.26. The summed E-state index contributed by atoms with van der Waals surface area (Å²) in [5.41, 5.74) is 1.49. The van der Waals surface area contributed by atoms with Gasteiger partial charge in [-0.15, -0.1) is 0 Å². The third-order valence-corrected chi connectivity index (χ3v) is 5.34. The molecule has 2 aromatic rings. The van der Waals surface area contributed by atoms with Crippen molar-refractivity contribution in [2.24, 2.45) is 5.92 Å². The van der Waals surface area contributed by atoms with Gasteiger partial charge in [-0.25, -0.2) is 8.78 Å². The summed E-state index contributed by atoms with van der Waals surface area (Å²) in [4.78, 5) is 12.8. The van der Waals surface area contributed by atoms with Crippen LogP contribution < -0.4 is 0 Å². The number of aliphatic hydroxyl groups excluding tert-OH is 1. The molecule has 26 heavy (non-hydrogen) atoms. The lowest BCUT2D eigenvalue weighted by Crippen LogP contribution is -2.27. The molecular weight excluding hydrogens is 362 g/mol. The average molecular weight is 383 g/mol. The number of nitrogens with one attached hydrogen (secondary N) is 1. The van der Waals surface area contributed by atoms with Crippen molar-refractivity contribution in [2.45, 2.75) is 44.4 Å². The lowest BCUT2D eigenvalue weighted by atomic mass is 9.82. The Morgan fingerprint density at radius 1 is 1.38 bits per heavy atom. The van der Waals surface area contributed by atoms with Crippen LogP contribution in [-0.2, 0) is 6.42 Å². The first-order valence-electron chi connectivity index (χ1n) is 8.71. The van der Waals surface area contributed by atoms with E-state index in [-0.39, 0.29) is 37.5 Å². The van der Waals surface area contributed by atoms with Crippen LogP contribution in [0.1, 0.15) is 48.2 Å². The predicted molar refractivity (Wildman–Crippen MR) is 96.8 cm³/mol. The number of rotatable bonds is 6. The van der Waals surface area contributed by atoms with Gasteiger partial charge in [0, 0.05) is 37.8 Å². The third kappa shape index (κ3) is 3.81. The Morgan fingerprint density at radius 3 is 2.73 bits per heavy atom. The number of fused-ring (bicyclic) bond motifs is 1. The Morgan fingerprint density at radius 2 is 2.08 bits per heavy atom. The maximum atomic E-state index is 13.3. The Labute approximate surface area is 155 Å². The number of hydrogen-bond acceptors (Lipinski definition) is 3. The number of hydrogen-bond donors (Lipinski definition) is 2. The number of carbonyl (C=O) groups is 1. The molecule has 0 aromatic carbocycles. The molecule has 0 amide bonds. The fourth-order valence-corrected chi connectivity index (χ4v) is 3.88. The molecule has 0 aliphatic heterocycles. The summed E-state index contributed by atoms with van der Waals surface area (Å²) in [6.07, 6.45) is 2.62. The van der Waals surface area contributed by atoms with Crippen molar-refractivity contribution >= 4 is 28.6 Å². The number of carbonyl (C=O) groups excluding carboxylic acids is 1. The minimum absolute atomic E-state index is 0.0626. The number of halogens is 3. The first-order chi connectivity index (χ1) is 12.3. The van der Waals surface area contributed by atoms with Gasteiger partial charge in [-0.05, 0) is 43.4 Å². The van der Waals surface area contributed by atoms with E-state index in [2.05, 4.69) is 0 Å². The average Bonchev–Trinajstić information content (AvgIpc) is 2.96. The lowest BCUT2D eigenvalue weighted by Gasteiger charge is -2.28. The second kappa shape index (κ2) is 7.45. The Hall–Kier alpha value is -1.79. The van der Waals surface area contributed by atoms with Gasteiger partial charge in [0.1, 0.15) is 0 Å². The molecule has 2 heterocycles. The normalized spacial score (nSPS) is 17.5. The molecule has 0 saturated heterocycles. The number of pyridine rings is 1. The maximum Gasteiger partial charge on any atom is 0.248 e. The summed E-state index contributed by atoms with van der Waals surface area (Å²) in [5.74, 6) is -3.11. The van der Waals surface area contributed by atoms with Crippen molar-refractivity contribution in [3.63, 3.8) is 0 Å². The van der Waals surface area contributed by atoms with Gasteiger partial charge >= 0.3 is 0 Å². The number of Topliss-reactive ketones (excluding diaryl/α,β-unsaturated/α-hetero) is 1. The molecule has 1 saturated carbocycles. The van der Waals surface area contributed by atoms with Gasteiger partial charge in [-0.3, -0.25) is 4.79 Å². The van der Waals surface area contributed by atoms with Crippen LogP contribution in [0.2, 0.25) is 5.02 Å². The number of aromatic nitrogens is 1. The summed E-state index contributed by atoms with van der Waals surface area (Å²) in [7, 11) is 0. The Kier molecular flexibility index (Phi) is 5.44. The van der Waals surface area contributed by atoms with E-state index in [1.807, 2.05) is 0 Å². The zero-order chi connectivity index (χ0) is 18.9. The van der Waals surface area contributed by atoms with Crippen molar-refractivity contribution in [1.29, 1.82) is 5.41 Å². The highest BCUT2D eigenvalue weighted by Gasteiger charge is 2.35. The van der Waals surface area contributed by atoms with Gasteiger partial charge in [0.15, 0.2) is 0 Å². The van der Waals surface area contributed by atoms with Crippen molar-refractivity contribution in [3.8, 4) is 0 Å². The van der Waals surface area contributed by atoms with Crippen molar-refractivity contribution in [1.82, 2.24) is 4.40 Å². The van der Waals surface area contributed by atoms with E-state index in [1.165, 1.54) is 0 Å². The molecule has 3 rings (SSSR count). The van der Waals surface area contributed by atoms with Gasteiger partial charge in [0.2, 0.25) is 11.7 Å². The zero-order valence-corrected chi connectivity index (χ0v) is 15.0. The maximum absolute atomic E-state index is 13.3. The first-order valence-corrected chi connectivity index (χ1v) is 9.09. The van der Waals surface area contributed by atoms with Crippen LogP contribution in [0.5, 0.6) is 0 Å². The van der Waals surface area contributed by atoms with E-state index >= 15 is 0 Å². The van der Waals surface area contributed by atoms with Crippen molar-refractivity contribution in [2.75, 3.05) is 6.61 Å². The molecule has 2 N–H and O–H groups in total. The van der Waals surface area contributed by atoms with E-state index in [1.54, 1.807) is 28.8 Å². The van der Waals surface area contributed by atoms with Gasteiger partial charge < -0.3 is 14.9 Å². The highest BCUT2D eigenvalue weighted by Crippen LogP contribution is 2.37. The van der Waals surface area contributed by atoms with Gasteiger partial charge in [0.05, 0.1) is 21.8 Å². The van der Waals surface area contributed by atoms with Crippen LogP contribution in [0.3, 0.4) is 0 Å². The molecule has 0 unspecified atom stereocenters. The second-order valence-electron chi connectivity index (χ2n) is 6.91. The highest BCUT2D eigenvalue weighted by atomic mass is 35.5. The second-order valence-corrected chi connectivity index (χ2v) is 7.32. The van der Waals surface area contributed by atoms with Crippen LogP contribution in [0.4, 0.5) is 8.78 Å². The molecule has 0 radical (unpaired) electrons. The molecule has 0 atom stereocenters. The molecule has 1 aliphatic rings. The summed E-state index contributed by atoms with van der Waals surface area (Å²) in [6, 6.07) is 5.07. The van der Waals surface area contributed by atoms with Crippen LogP contribution >= 0.6 is 11.6 Å². The molecule has 0 bridgehead atoms. The topological polar surface area (TPSA) is 65.6 Å². The van der Waals surface area contributed by atoms with E-state index in [0.717, 1.165) is 5.69 Å². The zero-order valence-electron chi connectivity index (χ0n) is 14.3. The SMILES string of the molecule is N=C(CC1CCC(F)(F)CC1)C(=O)c1cc(CCO)n2cccc(Cl)c12. The molecule has 4 nitrogen and oxygen atoms in total. The quantitative estimate of drug-likeness (QED) is 0.568. The summed E-state index contributed by atoms with van der Waals surface area (Å²) < 4.78 is 28.3. The minimum atomic E-state index is -2.62. The predicted octanol–water partition coefficient (Wildman–Crippen LogP) is 4.55. The molecule has 1 aliphatic carbocycles. The van der Waals surface area contributed by atoms with E-state index < -0.39 is 11.7 Å². The van der Waals surface area contributed by atoms with Crippen LogP contribution in [-0.4, -0.2) is 33.5 Å². The van der Waals surface area contributed by atoms with Crippen LogP contribution in [0, 0.1) is 11.3 Å². The number of nitrogens with zero attached hydrogens (tertiary/aromatic N) is 1. The lowest BCUT2D eigenvalue weighted by molar-refractivity contribution is -0.0449. The molecule has 7 heteroatoms. The smallest absolute Gasteiger partial charge is 0.248 e. The summed E-state index contributed by atoms with van der Waals surface area (Å²) in [6.45, 7) is -0.0695.